The Balaban J connectivity index is 3.09. The Morgan fingerprint density at radius 3 is 2.14 bits per heavy atom. The molecule has 76 valence electrons. The van der Waals surface area contributed by atoms with E-state index in [0.717, 1.165) is 10.2 Å². The molecule has 1 rings (SSSR count). The Hall–Kier alpha value is -0.830. The molecule has 0 unspecified atom stereocenters. The summed E-state index contributed by atoms with van der Waals surface area (Å²) < 4.78 is 1.11. The van der Waals surface area contributed by atoms with Crippen molar-refractivity contribution in [2.45, 2.75) is 13.8 Å². The Bertz CT molecular complexity index is 333. The molecule has 1 aromatic carbocycles. The van der Waals surface area contributed by atoms with Gasteiger partial charge in [-0.2, -0.15) is 0 Å². The molecular formula is C11H15BrN2. The van der Waals surface area contributed by atoms with Gasteiger partial charge >= 0.3 is 0 Å². The molecule has 1 aromatic rings. The lowest BCUT2D eigenvalue weighted by Gasteiger charge is -2.07. The topological polar surface area (TPSA) is 15.6 Å². The van der Waals surface area contributed by atoms with E-state index in [1.54, 1.807) is 0 Å². The lowest BCUT2D eigenvalue weighted by molar-refractivity contribution is 0.643. The van der Waals surface area contributed by atoms with Gasteiger partial charge in [0.05, 0.1) is 12.0 Å². The third kappa shape index (κ3) is 2.84. The highest BCUT2D eigenvalue weighted by Gasteiger charge is 2.01. The molecule has 3 heteroatoms. The summed E-state index contributed by atoms with van der Waals surface area (Å²) in [6.07, 6.45) is 1.82. The summed E-state index contributed by atoms with van der Waals surface area (Å²) in [5.41, 5.74) is 3.44. The van der Waals surface area contributed by atoms with Crippen LogP contribution in [0.4, 0.5) is 5.69 Å². The normalized spacial score (nSPS) is 10.9. The van der Waals surface area contributed by atoms with Gasteiger partial charge < -0.3 is 4.90 Å². The maximum atomic E-state index is 4.43. The zero-order valence-corrected chi connectivity index (χ0v) is 10.6. The first-order chi connectivity index (χ1) is 6.50. The molecule has 0 aliphatic carbocycles. The summed E-state index contributed by atoms with van der Waals surface area (Å²) in [4.78, 5) is 6.36. The number of halogens is 1. The molecule has 0 radical (unpaired) electrons. The third-order valence-corrected chi connectivity index (χ3v) is 2.33. The second-order valence-electron chi connectivity index (χ2n) is 3.60. The van der Waals surface area contributed by atoms with Gasteiger partial charge in [-0.05, 0) is 37.1 Å². The molecule has 0 N–H and O–H groups in total. The van der Waals surface area contributed by atoms with E-state index in [4.69, 9.17) is 0 Å². The fourth-order valence-electron chi connectivity index (χ4n) is 1.28. The molecule has 0 amide bonds. The standard InChI is InChI=1S/C11H15BrN2/c1-8-5-10(12)6-9(2)11(8)13-7-14(3)4/h5-7H,1-4H3/b13-7-. The van der Waals surface area contributed by atoms with Crippen LogP contribution in [0.1, 0.15) is 11.1 Å². The van der Waals surface area contributed by atoms with Crippen LogP contribution in [0.15, 0.2) is 21.6 Å². The van der Waals surface area contributed by atoms with Crippen LogP contribution in [-0.4, -0.2) is 25.3 Å². The number of hydrogen-bond acceptors (Lipinski definition) is 1. The number of rotatable bonds is 2. The third-order valence-electron chi connectivity index (χ3n) is 1.87. The molecule has 0 aromatic heterocycles. The predicted octanol–water partition coefficient (Wildman–Crippen LogP) is 3.29. The first kappa shape index (κ1) is 11.2. The minimum atomic E-state index is 1.06. The van der Waals surface area contributed by atoms with Crippen molar-refractivity contribution in [1.82, 2.24) is 4.90 Å². The van der Waals surface area contributed by atoms with Crippen LogP contribution in [0.3, 0.4) is 0 Å². The van der Waals surface area contributed by atoms with Gasteiger partial charge in [0.25, 0.3) is 0 Å². The predicted molar refractivity (Wildman–Crippen MR) is 65.5 cm³/mol. The van der Waals surface area contributed by atoms with E-state index >= 15 is 0 Å². The fraction of sp³-hybridized carbons (Fsp3) is 0.364. The number of aliphatic imine (C=N–C) groups is 1. The van der Waals surface area contributed by atoms with E-state index < -0.39 is 0 Å². The largest absolute Gasteiger partial charge is 0.369 e. The summed E-state index contributed by atoms with van der Waals surface area (Å²) in [7, 11) is 3.93. The van der Waals surface area contributed by atoms with E-state index in [1.807, 2.05) is 25.3 Å². The SMILES string of the molecule is Cc1cc(Br)cc(C)c1/N=C\N(C)C. The van der Waals surface area contributed by atoms with Gasteiger partial charge in [-0.1, -0.05) is 15.9 Å². The van der Waals surface area contributed by atoms with Gasteiger partial charge in [-0.25, -0.2) is 4.99 Å². The first-order valence-electron chi connectivity index (χ1n) is 4.48. The molecule has 2 nitrogen and oxygen atoms in total. The monoisotopic (exact) mass is 254 g/mol. The number of nitrogens with zero attached hydrogens (tertiary/aromatic N) is 2. The zero-order valence-electron chi connectivity index (χ0n) is 9.00. The second-order valence-corrected chi connectivity index (χ2v) is 4.51. The molecule has 0 saturated carbocycles. The Labute approximate surface area is 93.8 Å². The molecular weight excluding hydrogens is 240 g/mol. The van der Waals surface area contributed by atoms with Crippen LogP contribution in [0.5, 0.6) is 0 Å². The van der Waals surface area contributed by atoms with Crippen molar-refractivity contribution < 1.29 is 0 Å². The van der Waals surface area contributed by atoms with Gasteiger partial charge in [0.15, 0.2) is 0 Å². The second kappa shape index (κ2) is 4.60. The summed E-state index contributed by atoms with van der Waals surface area (Å²) in [5, 5.41) is 0. The smallest absolute Gasteiger partial charge is 0.0907 e. The van der Waals surface area contributed by atoms with Gasteiger partial charge in [0.1, 0.15) is 0 Å². The molecule has 0 aliphatic heterocycles. The van der Waals surface area contributed by atoms with Gasteiger partial charge in [-0.3, -0.25) is 0 Å². The van der Waals surface area contributed by atoms with Crippen molar-refractivity contribution in [3.05, 3.63) is 27.7 Å². The Kier molecular flexibility index (Phi) is 3.69. The molecule has 0 fully saturated rings. The van der Waals surface area contributed by atoms with E-state index in [2.05, 4.69) is 46.9 Å². The van der Waals surface area contributed by atoms with Crippen LogP contribution in [0, 0.1) is 13.8 Å². The number of benzene rings is 1. The highest BCUT2D eigenvalue weighted by atomic mass is 79.9. The van der Waals surface area contributed by atoms with Crippen molar-refractivity contribution in [3.8, 4) is 0 Å². The van der Waals surface area contributed by atoms with Crippen LogP contribution in [-0.2, 0) is 0 Å². The van der Waals surface area contributed by atoms with Gasteiger partial charge in [0.2, 0.25) is 0 Å². The number of hydrogen-bond donors (Lipinski definition) is 0. The molecule has 0 heterocycles. The highest BCUT2D eigenvalue weighted by molar-refractivity contribution is 9.10. The fourth-order valence-corrected chi connectivity index (χ4v) is 1.97. The molecule has 0 bridgehead atoms. The molecule has 0 spiro atoms. The van der Waals surface area contributed by atoms with Crippen molar-refractivity contribution >= 4 is 28.0 Å². The van der Waals surface area contributed by atoms with E-state index in [-0.39, 0.29) is 0 Å². The maximum absolute atomic E-state index is 4.43. The summed E-state index contributed by atoms with van der Waals surface area (Å²) in [6.45, 7) is 4.14. The van der Waals surface area contributed by atoms with Crippen molar-refractivity contribution in [2.24, 2.45) is 4.99 Å². The van der Waals surface area contributed by atoms with Gasteiger partial charge in [0, 0.05) is 18.6 Å². The highest BCUT2D eigenvalue weighted by Crippen LogP contribution is 2.27. The first-order valence-corrected chi connectivity index (χ1v) is 5.27. The van der Waals surface area contributed by atoms with Crippen LogP contribution in [0.25, 0.3) is 0 Å². The average molecular weight is 255 g/mol. The Morgan fingerprint density at radius 1 is 1.21 bits per heavy atom. The van der Waals surface area contributed by atoms with E-state index in [9.17, 15) is 0 Å². The molecule has 14 heavy (non-hydrogen) atoms. The van der Waals surface area contributed by atoms with E-state index in [1.165, 1.54) is 11.1 Å². The van der Waals surface area contributed by atoms with Crippen molar-refractivity contribution in [3.63, 3.8) is 0 Å². The zero-order chi connectivity index (χ0) is 10.7. The summed E-state index contributed by atoms with van der Waals surface area (Å²) in [5.74, 6) is 0. The lowest BCUT2D eigenvalue weighted by Crippen LogP contribution is -2.07. The molecule has 0 saturated heterocycles. The van der Waals surface area contributed by atoms with Crippen LogP contribution < -0.4 is 0 Å². The lowest BCUT2D eigenvalue weighted by atomic mass is 10.1. The Morgan fingerprint density at radius 2 is 1.71 bits per heavy atom. The number of aryl methyl sites for hydroxylation is 2. The van der Waals surface area contributed by atoms with Crippen molar-refractivity contribution in [1.29, 1.82) is 0 Å². The molecule has 0 atom stereocenters. The minimum Gasteiger partial charge on any atom is -0.369 e. The van der Waals surface area contributed by atoms with Crippen molar-refractivity contribution in [2.75, 3.05) is 14.1 Å². The van der Waals surface area contributed by atoms with Crippen LogP contribution >= 0.6 is 15.9 Å². The average Bonchev–Trinajstić information content (AvgIpc) is 2.01. The van der Waals surface area contributed by atoms with Gasteiger partial charge in [-0.15, -0.1) is 0 Å². The maximum Gasteiger partial charge on any atom is 0.0907 e. The quantitative estimate of drug-likeness (QED) is 0.585. The summed E-state index contributed by atoms with van der Waals surface area (Å²) >= 11 is 3.46. The molecule has 0 aliphatic rings. The van der Waals surface area contributed by atoms with Crippen LogP contribution in [0.2, 0.25) is 0 Å². The minimum absolute atomic E-state index is 1.06. The summed E-state index contributed by atoms with van der Waals surface area (Å²) in [6, 6.07) is 4.16. The van der Waals surface area contributed by atoms with E-state index in [0.29, 0.717) is 0 Å².